The number of pyridine rings is 1. The molecule has 1 fully saturated rings. The molecule has 6 heteroatoms. The highest BCUT2D eigenvalue weighted by Gasteiger charge is 2.35. The summed E-state index contributed by atoms with van der Waals surface area (Å²) in [4.78, 5) is 7.07. The minimum absolute atomic E-state index is 0.351. The van der Waals surface area contributed by atoms with Gasteiger partial charge in [0.2, 0.25) is 0 Å². The summed E-state index contributed by atoms with van der Waals surface area (Å²) in [6.07, 6.45) is 6.48. The monoisotopic (exact) mass is 294 g/mol. The predicted molar refractivity (Wildman–Crippen MR) is 84.7 cm³/mol. The maximum Gasteiger partial charge on any atom is 0.140 e. The first kappa shape index (κ1) is 12.2. The summed E-state index contributed by atoms with van der Waals surface area (Å²) in [5.74, 6) is 1.05. The molecule has 3 aromatic rings. The molecule has 1 saturated carbocycles. The second-order valence-electron chi connectivity index (χ2n) is 6.55. The Morgan fingerprint density at radius 3 is 2.95 bits per heavy atom. The summed E-state index contributed by atoms with van der Waals surface area (Å²) >= 11 is 0. The summed E-state index contributed by atoms with van der Waals surface area (Å²) < 4.78 is 2.04. The van der Waals surface area contributed by atoms with Crippen molar-refractivity contribution in [3.8, 4) is 11.3 Å². The van der Waals surface area contributed by atoms with Crippen LogP contribution in [0.15, 0.2) is 18.5 Å². The van der Waals surface area contributed by atoms with Gasteiger partial charge in [-0.2, -0.15) is 10.2 Å². The van der Waals surface area contributed by atoms with E-state index in [1.807, 2.05) is 16.9 Å². The van der Waals surface area contributed by atoms with Gasteiger partial charge in [0, 0.05) is 30.0 Å². The summed E-state index contributed by atoms with van der Waals surface area (Å²) in [6.45, 7) is 5.13. The molecule has 3 aromatic heterocycles. The van der Waals surface area contributed by atoms with Crippen LogP contribution >= 0.6 is 0 Å². The smallest absolute Gasteiger partial charge is 0.140 e. The van der Waals surface area contributed by atoms with E-state index < -0.39 is 0 Å². The molecule has 0 aromatic carbocycles. The molecule has 0 spiro atoms. The van der Waals surface area contributed by atoms with E-state index in [4.69, 9.17) is 5.10 Å². The van der Waals surface area contributed by atoms with E-state index in [1.54, 1.807) is 0 Å². The maximum atomic E-state index is 4.81. The van der Waals surface area contributed by atoms with Crippen LogP contribution in [0, 0.1) is 0 Å². The largest absolute Gasteiger partial charge is 0.347 e. The highest BCUT2D eigenvalue weighted by Crippen LogP contribution is 2.42. The fourth-order valence-corrected chi connectivity index (χ4v) is 3.29. The Kier molecular flexibility index (Phi) is 2.27. The summed E-state index contributed by atoms with van der Waals surface area (Å²) in [6, 6.07) is 2.94. The lowest BCUT2D eigenvalue weighted by molar-refractivity contribution is 0.525. The molecule has 0 amide bonds. The first-order valence-electron chi connectivity index (χ1n) is 7.90. The molecule has 22 heavy (non-hydrogen) atoms. The molecule has 112 valence electrons. The van der Waals surface area contributed by atoms with Crippen LogP contribution in [0.25, 0.3) is 22.2 Å². The molecule has 1 N–H and O–H groups in total. The molecule has 2 aliphatic rings. The van der Waals surface area contributed by atoms with Gasteiger partial charge in [0.25, 0.3) is 0 Å². The molecule has 0 bridgehead atoms. The maximum absolute atomic E-state index is 4.81. The number of aromatic amines is 1. The van der Waals surface area contributed by atoms with E-state index in [2.05, 4.69) is 40.1 Å². The molecule has 4 heterocycles. The van der Waals surface area contributed by atoms with Gasteiger partial charge in [0.05, 0.1) is 23.1 Å². The summed E-state index contributed by atoms with van der Waals surface area (Å²) in [5.41, 5.74) is 4.28. The fourth-order valence-electron chi connectivity index (χ4n) is 3.29. The number of aromatic nitrogens is 5. The molecule has 1 aliphatic heterocycles. The van der Waals surface area contributed by atoms with Crippen molar-refractivity contribution in [1.82, 2.24) is 25.0 Å². The van der Waals surface area contributed by atoms with E-state index in [0.717, 1.165) is 40.2 Å². The van der Waals surface area contributed by atoms with Gasteiger partial charge in [-0.3, -0.25) is 9.78 Å². The fraction of sp³-hybridized carbons (Fsp3) is 0.438. The number of hydrogen-bond donors (Lipinski definition) is 1. The zero-order valence-corrected chi connectivity index (χ0v) is 12.7. The van der Waals surface area contributed by atoms with Crippen molar-refractivity contribution >= 4 is 16.7 Å². The minimum atomic E-state index is 0.351. The normalized spacial score (nSPS) is 17.1. The molecular formula is C16H18N6. The Bertz CT molecular complexity index is 870. The average Bonchev–Trinajstić information content (AvgIpc) is 3.14. The zero-order chi connectivity index (χ0) is 14.8. The second kappa shape index (κ2) is 4.09. The highest BCUT2D eigenvalue weighted by molar-refractivity contribution is 6.02. The Hall–Kier alpha value is -2.37. The first-order valence-corrected chi connectivity index (χ1v) is 7.90. The number of hydrogen-bond acceptors (Lipinski definition) is 4. The van der Waals surface area contributed by atoms with Crippen LogP contribution < -0.4 is 4.90 Å². The van der Waals surface area contributed by atoms with E-state index >= 15 is 0 Å². The van der Waals surface area contributed by atoms with Crippen molar-refractivity contribution < 1.29 is 0 Å². The van der Waals surface area contributed by atoms with Crippen LogP contribution in [0.5, 0.6) is 0 Å². The van der Waals surface area contributed by atoms with E-state index in [9.17, 15) is 0 Å². The Morgan fingerprint density at radius 2 is 2.18 bits per heavy atom. The van der Waals surface area contributed by atoms with Gasteiger partial charge in [0.15, 0.2) is 0 Å². The van der Waals surface area contributed by atoms with Gasteiger partial charge in [-0.1, -0.05) is 0 Å². The van der Waals surface area contributed by atoms with Crippen molar-refractivity contribution in [2.24, 2.45) is 0 Å². The van der Waals surface area contributed by atoms with Crippen molar-refractivity contribution in [2.75, 3.05) is 4.90 Å². The minimum Gasteiger partial charge on any atom is -0.347 e. The van der Waals surface area contributed by atoms with Crippen LogP contribution in [-0.4, -0.2) is 31.0 Å². The van der Waals surface area contributed by atoms with Crippen LogP contribution in [-0.2, 0) is 6.54 Å². The number of nitrogens with zero attached hydrogens (tertiary/aromatic N) is 5. The first-order chi connectivity index (χ1) is 10.7. The third-order valence-corrected chi connectivity index (χ3v) is 4.63. The third kappa shape index (κ3) is 1.58. The molecule has 0 atom stereocenters. The number of nitrogens with one attached hydrogen (secondary N) is 1. The number of rotatable bonds is 2. The predicted octanol–water partition coefficient (Wildman–Crippen LogP) is 2.88. The van der Waals surface area contributed by atoms with Crippen molar-refractivity contribution in [1.29, 1.82) is 0 Å². The quantitative estimate of drug-likeness (QED) is 0.789. The molecule has 0 radical (unpaired) electrons. The lowest BCUT2D eigenvalue weighted by atomic mass is 10.1. The molecule has 0 saturated heterocycles. The molecular weight excluding hydrogens is 276 g/mol. The highest BCUT2D eigenvalue weighted by atomic mass is 15.3. The van der Waals surface area contributed by atoms with E-state index in [0.29, 0.717) is 12.1 Å². The summed E-state index contributed by atoms with van der Waals surface area (Å²) in [7, 11) is 0. The van der Waals surface area contributed by atoms with Crippen molar-refractivity contribution in [2.45, 2.75) is 45.3 Å². The Balaban J connectivity index is 1.82. The van der Waals surface area contributed by atoms with Gasteiger partial charge in [0.1, 0.15) is 11.5 Å². The van der Waals surface area contributed by atoms with Gasteiger partial charge >= 0.3 is 0 Å². The van der Waals surface area contributed by atoms with Crippen LogP contribution in [0.4, 0.5) is 5.82 Å². The van der Waals surface area contributed by atoms with Gasteiger partial charge in [-0.25, -0.2) is 4.98 Å². The van der Waals surface area contributed by atoms with E-state index in [1.165, 1.54) is 12.8 Å². The SMILES string of the molecule is CC(C)n1cc2c(n1)CN(C1CC1)c1nccc3[nH]nc-2c13. The second-order valence-corrected chi connectivity index (χ2v) is 6.55. The van der Waals surface area contributed by atoms with E-state index in [-0.39, 0.29) is 0 Å². The average molecular weight is 294 g/mol. The Morgan fingerprint density at radius 1 is 1.32 bits per heavy atom. The lowest BCUT2D eigenvalue weighted by Gasteiger charge is -2.22. The molecule has 1 aliphatic carbocycles. The van der Waals surface area contributed by atoms with Crippen LogP contribution in [0.2, 0.25) is 0 Å². The standard InChI is InChI=1S/C16H18N6/c1-9(2)22-7-11-13(20-22)8-21(10-3-4-10)16-14-12(5-6-17-16)18-19-15(11)14/h5-7,9-10H,3-4,8H2,1-2H3,(H,18,19). The summed E-state index contributed by atoms with van der Waals surface area (Å²) in [5, 5.41) is 13.7. The van der Waals surface area contributed by atoms with Crippen LogP contribution in [0.1, 0.15) is 38.4 Å². The van der Waals surface area contributed by atoms with Gasteiger partial charge in [-0.05, 0) is 32.8 Å². The topological polar surface area (TPSA) is 62.6 Å². The number of fused-ring (bicyclic) bond motifs is 2. The van der Waals surface area contributed by atoms with Crippen molar-refractivity contribution in [3.63, 3.8) is 0 Å². The van der Waals surface area contributed by atoms with Gasteiger partial charge in [-0.15, -0.1) is 0 Å². The number of anilines is 1. The molecule has 0 unspecified atom stereocenters. The zero-order valence-electron chi connectivity index (χ0n) is 12.7. The lowest BCUT2D eigenvalue weighted by Crippen LogP contribution is -2.26. The van der Waals surface area contributed by atoms with Crippen molar-refractivity contribution in [3.05, 3.63) is 24.2 Å². The van der Waals surface area contributed by atoms with Crippen LogP contribution in [0.3, 0.4) is 0 Å². The molecule has 5 rings (SSSR count). The molecule has 6 nitrogen and oxygen atoms in total. The third-order valence-electron chi connectivity index (χ3n) is 4.63. The Labute approximate surface area is 128 Å². The number of H-pyrrole nitrogens is 1. The van der Waals surface area contributed by atoms with Gasteiger partial charge < -0.3 is 4.90 Å².